The molecule has 60 heavy (non-hydrogen) atoms. The Labute approximate surface area is 344 Å². The molecule has 324 valence electrons. The van der Waals surface area contributed by atoms with Crippen molar-refractivity contribution in [1.82, 2.24) is 0 Å². The molecule has 2 bridgehead atoms. The molecule has 17 heteroatoms. The van der Waals surface area contributed by atoms with E-state index in [0.717, 1.165) is 12.2 Å². The molecule has 0 radical (unpaired) electrons. The van der Waals surface area contributed by atoms with E-state index in [1.807, 2.05) is 0 Å². The zero-order valence-corrected chi connectivity index (χ0v) is 34.1. The van der Waals surface area contributed by atoms with Crippen LogP contribution in [0, 0.1) is 0 Å². The molecule has 4 aliphatic heterocycles. The summed E-state index contributed by atoms with van der Waals surface area (Å²) in [6.07, 6.45) is 1.19. The lowest BCUT2D eigenvalue weighted by atomic mass is 9.87. The van der Waals surface area contributed by atoms with Gasteiger partial charge in [0, 0.05) is 32.1 Å². The minimum Gasteiger partial charge on any atom is -0.507 e. The summed E-state index contributed by atoms with van der Waals surface area (Å²) in [4.78, 5) is 50.0. The van der Waals surface area contributed by atoms with Crippen LogP contribution in [-0.2, 0) is 33.3 Å². The van der Waals surface area contributed by atoms with E-state index in [1.54, 1.807) is 45.1 Å². The fraction of sp³-hybridized carbons (Fsp3) is 0.442. The van der Waals surface area contributed by atoms with Crippen LogP contribution in [-0.4, -0.2) is 115 Å². The summed E-state index contributed by atoms with van der Waals surface area (Å²) in [5, 5.41) is 29.9. The number of esters is 2. The van der Waals surface area contributed by atoms with Crippen molar-refractivity contribution >= 4 is 35.7 Å². The number of epoxide rings is 1. The summed E-state index contributed by atoms with van der Waals surface area (Å²) in [7, 11) is 4.35. The second kappa shape index (κ2) is 18.9. The van der Waals surface area contributed by atoms with Crippen molar-refractivity contribution in [3.05, 3.63) is 82.5 Å². The molecule has 4 heterocycles. The van der Waals surface area contributed by atoms with Crippen molar-refractivity contribution in [2.24, 2.45) is 0 Å². The minimum absolute atomic E-state index is 0.00564. The van der Waals surface area contributed by atoms with Gasteiger partial charge in [0.15, 0.2) is 24.6 Å². The third-order valence-electron chi connectivity index (χ3n) is 10.2. The van der Waals surface area contributed by atoms with Crippen LogP contribution in [0.25, 0.3) is 12.2 Å². The van der Waals surface area contributed by atoms with E-state index in [9.17, 15) is 43.3 Å². The van der Waals surface area contributed by atoms with Crippen LogP contribution in [0.2, 0.25) is 0 Å². The molecule has 0 aromatic heterocycles. The number of hydrogen-bond donors (Lipinski definition) is 3. The normalized spacial score (nSPS) is 28.9. The van der Waals surface area contributed by atoms with Crippen molar-refractivity contribution in [1.29, 1.82) is 0 Å². The Morgan fingerprint density at radius 1 is 0.767 bits per heavy atom. The fourth-order valence-electron chi connectivity index (χ4n) is 6.80. The predicted octanol–water partition coefficient (Wildman–Crippen LogP) is 5.28. The highest BCUT2D eigenvalue weighted by Crippen LogP contribution is 2.58. The zero-order chi connectivity index (χ0) is 44.1. The van der Waals surface area contributed by atoms with Gasteiger partial charge >= 0.3 is 11.9 Å². The molecule has 2 aromatic rings. The Morgan fingerprint density at radius 3 is 1.92 bits per heavy atom. The van der Waals surface area contributed by atoms with Crippen molar-refractivity contribution in [2.75, 3.05) is 28.1 Å². The SMILES string of the molecule is COCOc1cc(OC)cc2c1C(=O)O[C@@H](C)CC=C(F)C(=O)[C@H]1OC(C)(C)C3(/C=C/2)O[C@H]13.COc1cc(O)c2c(c1)/C=C/C[C@H](O)[C@H](O)C(=O)C(F)=CC[C@H](C)OC2=O. The third kappa shape index (κ3) is 9.77. The molecule has 2 aromatic carbocycles. The van der Waals surface area contributed by atoms with Gasteiger partial charge in [0.1, 0.15) is 64.1 Å². The van der Waals surface area contributed by atoms with Crippen molar-refractivity contribution in [3.8, 4) is 23.0 Å². The van der Waals surface area contributed by atoms with Crippen LogP contribution in [0.4, 0.5) is 8.78 Å². The first-order chi connectivity index (χ1) is 28.4. The fourth-order valence-corrected chi connectivity index (χ4v) is 6.80. The lowest BCUT2D eigenvalue weighted by Crippen LogP contribution is -2.38. The Kier molecular flexibility index (Phi) is 14.3. The van der Waals surface area contributed by atoms with Crippen molar-refractivity contribution in [3.63, 3.8) is 0 Å². The summed E-state index contributed by atoms with van der Waals surface area (Å²) in [5.74, 6) is -5.10. The quantitative estimate of drug-likeness (QED) is 0.199. The van der Waals surface area contributed by atoms with Crippen molar-refractivity contribution < 1.29 is 81.2 Å². The molecule has 2 saturated heterocycles. The lowest BCUT2D eigenvalue weighted by Gasteiger charge is -2.27. The highest BCUT2D eigenvalue weighted by atomic mass is 19.1. The number of benzene rings is 2. The molecule has 0 aliphatic carbocycles. The highest BCUT2D eigenvalue weighted by Gasteiger charge is 2.75. The van der Waals surface area contributed by atoms with Crippen LogP contribution in [0.5, 0.6) is 23.0 Å². The van der Waals surface area contributed by atoms with Gasteiger partial charge in [0.2, 0.25) is 11.6 Å². The molecule has 2 fully saturated rings. The van der Waals surface area contributed by atoms with Crippen LogP contribution in [0.3, 0.4) is 0 Å². The van der Waals surface area contributed by atoms with Gasteiger partial charge in [-0.05, 0) is 75.6 Å². The molecule has 0 saturated carbocycles. The molecular formula is C43H48F2O15. The summed E-state index contributed by atoms with van der Waals surface area (Å²) in [6, 6.07) is 5.96. The number of Topliss-reactive ketones (excluding diaryl/α,β-unsaturated/α-hetero) is 2. The van der Waals surface area contributed by atoms with Crippen molar-refractivity contribution in [2.45, 2.75) is 94.8 Å². The smallest absolute Gasteiger partial charge is 0.342 e. The number of hydrogen-bond acceptors (Lipinski definition) is 15. The molecule has 3 N–H and O–H groups in total. The molecule has 1 unspecified atom stereocenters. The second-order valence-electron chi connectivity index (χ2n) is 14.9. The van der Waals surface area contributed by atoms with Crippen LogP contribution in [0.15, 0.2) is 60.2 Å². The first kappa shape index (κ1) is 45.6. The summed E-state index contributed by atoms with van der Waals surface area (Å²) < 4.78 is 72.1. The summed E-state index contributed by atoms with van der Waals surface area (Å²) in [5.41, 5.74) is -1.09. The first-order valence-corrected chi connectivity index (χ1v) is 18.9. The number of rotatable bonds is 5. The molecule has 0 amide bonds. The van der Waals surface area contributed by atoms with E-state index in [4.69, 9.17) is 37.9 Å². The molecule has 7 atom stereocenters. The maximum Gasteiger partial charge on any atom is 0.342 e. The van der Waals surface area contributed by atoms with Gasteiger partial charge in [0.05, 0.1) is 25.9 Å². The minimum atomic E-state index is -1.93. The van der Waals surface area contributed by atoms with Crippen LogP contribution < -0.4 is 14.2 Å². The van der Waals surface area contributed by atoms with E-state index >= 15 is 0 Å². The number of aliphatic hydroxyl groups is 2. The van der Waals surface area contributed by atoms with Gasteiger partial charge < -0.3 is 53.2 Å². The lowest BCUT2D eigenvalue weighted by molar-refractivity contribution is -0.143. The maximum absolute atomic E-state index is 14.6. The van der Waals surface area contributed by atoms with Gasteiger partial charge in [-0.25, -0.2) is 18.4 Å². The number of fused-ring (bicyclic) bond motifs is 2. The number of halogens is 2. The monoisotopic (exact) mass is 842 g/mol. The van der Waals surface area contributed by atoms with E-state index in [2.05, 4.69) is 0 Å². The molecule has 0 spiro atoms. The number of phenolic OH excluding ortho intramolecular Hbond substituents is 1. The number of carbonyl (C=O) groups is 4. The Hall–Kier alpha value is -5.46. The van der Waals surface area contributed by atoms with E-state index in [-0.39, 0.29) is 54.2 Å². The number of ketones is 2. The topological polar surface area (TPSA) is 206 Å². The van der Waals surface area contributed by atoms with Gasteiger partial charge in [-0.3, -0.25) is 9.59 Å². The number of ether oxygens (including phenoxy) is 8. The first-order valence-electron chi connectivity index (χ1n) is 18.9. The Balaban J connectivity index is 0.000000233. The Morgan fingerprint density at radius 2 is 1.33 bits per heavy atom. The average Bonchev–Trinajstić information content (AvgIpc) is 3.91. The van der Waals surface area contributed by atoms with E-state index in [0.29, 0.717) is 17.1 Å². The Bertz CT molecular complexity index is 2110. The van der Waals surface area contributed by atoms with Gasteiger partial charge in [0.25, 0.3) is 0 Å². The number of aromatic hydroxyl groups is 1. The number of phenols is 1. The highest BCUT2D eigenvalue weighted by molar-refractivity contribution is 6.00. The summed E-state index contributed by atoms with van der Waals surface area (Å²) in [6.45, 7) is 6.55. The third-order valence-corrected chi connectivity index (χ3v) is 10.2. The molecule has 15 nitrogen and oxygen atoms in total. The standard InChI is InChI=1S/C24H27FO8.C19H21FO7/c1-13-6-7-16(25)19(26)20-21-24(33-21,23(2,3)32-20)9-8-14-10-15(29-5)11-17(30-12-28-4)18(14)22(27)31-13;1-10-6-7-13(20)17(23)18(24)14(21)5-3-4-11-8-12(26-2)9-15(22)16(11)19(25)27-10/h7-11,13,20-21H,6,12H2,1-5H3;3-4,7-10,14,18,21-22,24H,5-6H2,1-2H3/b9-8+,16-7?;4-3+,13-7?/t13-,20+,21+,24?;10-,14-,18-/m00/s1. The molecular weight excluding hydrogens is 794 g/mol. The number of carbonyl (C=O) groups excluding carboxylic acids is 4. The second-order valence-corrected chi connectivity index (χ2v) is 14.9. The predicted molar refractivity (Wildman–Crippen MR) is 209 cm³/mol. The largest absolute Gasteiger partial charge is 0.507 e. The number of cyclic esters (lactones) is 2. The number of methoxy groups -OCH3 is 3. The van der Waals surface area contributed by atoms with E-state index in [1.165, 1.54) is 52.5 Å². The zero-order valence-electron chi connectivity index (χ0n) is 34.1. The average molecular weight is 843 g/mol. The molecule has 4 aliphatic rings. The van der Waals surface area contributed by atoms with Gasteiger partial charge in [-0.15, -0.1) is 0 Å². The maximum atomic E-state index is 14.6. The number of aliphatic hydroxyl groups excluding tert-OH is 2. The summed E-state index contributed by atoms with van der Waals surface area (Å²) >= 11 is 0. The van der Waals surface area contributed by atoms with Gasteiger partial charge in [-0.2, -0.15) is 0 Å². The van der Waals surface area contributed by atoms with E-state index < -0.39 is 83.0 Å². The van der Waals surface area contributed by atoms with Gasteiger partial charge in [-0.1, -0.05) is 18.2 Å². The van der Waals surface area contributed by atoms with Crippen LogP contribution >= 0.6 is 0 Å². The van der Waals surface area contributed by atoms with Crippen LogP contribution in [0.1, 0.15) is 78.8 Å². The molecule has 6 rings (SSSR count).